The van der Waals surface area contributed by atoms with E-state index in [2.05, 4.69) is 4.74 Å². The minimum atomic E-state index is -3.69. The van der Waals surface area contributed by atoms with Gasteiger partial charge in [0.1, 0.15) is 0 Å². The Labute approximate surface area is 54.2 Å². The summed E-state index contributed by atoms with van der Waals surface area (Å²) in [5, 5.41) is 0.823. The second-order valence-corrected chi connectivity index (χ2v) is 2.07. The van der Waals surface area contributed by atoms with Crippen LogP contribution in [0, 0.1) is 0 Å². The van der Waals surface area contributed by atoms with E-state index in [0.717, 1.165) is 5.32 Å². The van der Waals surface area contributed by atoms with Crippen molar-refractivity contribution in [3.05, 3.63) is 0 Å². The van der Waals surface area contributed by atoms with Crippen LogP contribution in [0.3, 0.4) is 0 Å². The molecule has 2 nitrogen and oxygen atoms in total. The number of rotatable bonds is 0. The molecule has 2 N–H and O–H groups in total. The molecule has 1 rings (SSSR count). The summed E-state index contributed by atoms with van der Waals surface area (Å²) in [4.78, 5) is 0. The molecule has 0 radical (unpaired) electrons. The first-order valence-corrected chi connectivity index (χ1v) is 2.69. The van der Waals surface area contributed by atoms with Gasteiger partial charge in [-0.25, -0.2) is 4.74 Å². The molecule has 0 spiro atoms. The van der Waals surface area contributed by atoms with Crippen LogP contribution in [0.1, 0.15) is 0 Å². The number of quaternary nitrogens is 1. The smallest absolute Gasteiger partial charge is 0.332 e. The summed E-state index contributed by atoms with van der Waals surface area (Å²) in [6, 6.07) is 0. The van der Waals surface area contributed by atoms with E-state index >= 15 is 0 Å². The third-order valence-corrected chi connectivity index (χ3v) is 1.06. The van der Waals surface area contributed by atoms with E-state index in [1.54, 1.807) is 0 Å². The molecule has 0 saturated carbocycles. The maximum Gasteiger partial charge on any atom is 0.409 e. The van der Waals surface area contributed by atoms with Crippen LogP contribution in [0.15, 0.2) is 0 Å². The number of halogens is 4. The lowest BCUT2D eigenvalue weighted by Crippen LogP contribution is -2.93. The Kier molecular flexibility index (Phi) is 1.60. The molecule has 10 heavy (non-hydrogen) atoms. The van der Waals surface area contributed by atoms with Gasteiger partial charge < -0.3 is 5.32 Å². The lowest BCUT2D eigenvalue weighted by molar-refractivity contribution is -0.737. The molecule has 0 aromatic rings. The normalized spacial score (nSPS) is 30.0. The van der Waals surface area contributed by atoms with Gasteiger partial charge in [-0.2, -0.15) is 17.6 Å². The molecular weight excluding hydrogens is 154 g/mol. The summed E-state index contributed by atoms with van der Waals surface area (Å²) >= 11 is 0. The first kappa shape index (κ1) is 7.74. The lowest BCUT2D eigenvalue weighted by Gasteiger charge is -2.26. The van der Waals surface area contributed by atoms with Gasteiger partial charge >= 0.3 is 12.2 Å². The average Bonchev–Trinajstić information content (AvgIpc) is 1.56. The zero-order valence-corrected chi connectivity index (χ0v) is 4.91. The Balaban J connectivity index is 2.56. The minimum absolute atomic E-state index is 0.734. The van der Waals surface area contributed by atoms with E-state index in [1.165, 1.54) is 0 Å². The van der Waals surface area contributed by atoms with Crippen molar-refractivity contribution < 1.29 is 27.6 Å². The van der Waals surface area contributed by atoms with Crippen molar-refractivity contribution >= 4 is 0 Å². The standard InChI is InChI=1S/C4H5F4NO/c5-3(6)1-9-2-4(7,8)10-3/h9H,1-2H2/p+1. The fourth-order valence-corrected chi connectivity index (χ4v) is 0.710. The molecule has 1 saturated heterocycles. The van der Waals surface area contributed by atoms with Gasteiger partial charge in [-0.3, -0.25) is 0 Å². The van der Waals surface area contributed by atoms with Gasteiger partial charge in [-0.15, -0.1) is 0 Å². The van der Waals surface area contributed by atoms with Crippen LogP contribution >= 0.6 is 0 Å². The molecule has 0 unspecified atom stereocenters. The second-order valence-electron chi connectivity index (χ2n) is 2.07. The Morgan fingerprint density at radius 1 is 1.00 bits per heavy atom. The molecule has 1 aliphatic heterocycles. The highest BCUT2D eigenvalue weighted by Crippen LogP contribution is 2.26. The van der Waals surface area contributed by atoms with Crippen LogP contribution < -0.4 is 5.32 Å². The van der Waals surface area contributed by atoms with Crippen molar-refractivity contribution in [2.45, 2.75) is 12.2 Å². The van der Waals surface area contributed by atoms with Gasteiger partial charge in [0.2, 0.25) is 0 Å². The number of ether oxygens (including phenoxy) is 1. The fourth-order valence-electron chi connectivity index (χ4n) is 0.710. The molecule has 0 aromatic heterocycles. The van der Waals surface area contributed by atoms with Crippen LogP contribution in [0.2, 0.25) is 0 Å². The van der Waals surface area contributed by atoms with Crippen LogP contribution in [-0.2, 0) is 4.74 Å². The van der Waals surface area contributed by atoms with Gasteiger partial charge in [-0.1, -0.05) is 0 Å². The molecule has 0 aromatic carbocycles. The monoisotopic (exact) mass is 160 g/mol. The van der Waals surface area contributed by atoms with Crippen molar-refractivity contribution in [2.75, 3.05) is 13.1 Å². The minimum Gasteiger partial charge on any atom is -0.332 e. The van der Waals surface area contributed by atoms with Crippen molar-refractivity contribution in [2.24, 2.45) is 0 Å². The fraction of sp³-hybridized carbons (Fsp3) is 1.00. The van der Waals surface area contributed by atoms with Gasteiger partial charge in [0.15, 0.2) is 13.1 Å². The third kappa shape index (κ3) is 1.81. The predicted molar refractivity (Wildman–Crippen MR) is 22.6 cm³/mol. The zero-order valence-electron chi connectivity index (χ0n) is 4.91. The third-order valence-electron chi connectivity index (χ3n) is 1.06. The van der Waals surface area contributed by atoms with E-state index in [1.807, 2.05) is 0 Å². The summed E-state index contributed by atoms with van der Waals surface area (Å²) in [6.07, 6.45) is -7.39. The van der Waals surface area contributed by atoms with E-state index in [4.69, 9.17) is 0 Å². The largest absolute Gasteiger partial charge is 0.409 e. The number of alkyl halides is 4. The van der Waals surface area contributed by atoms with Gasteiger partial charge in [0, 0.05) is 0 Å². The highest BCUT2D eigenvalue weighted by Gasteiger charge is 2.51. The first-order chi connectivity index (χ1) is 4.41. The second kappa shape index (κ2) is 2.06. The lowest BCUT2D eigenvalue weighted by atomic mass is 10.4. The Morgan fingerprint density at radius 2 is 1.40 bits per heavy atom. The van der Waals surface area contributed by atoms with Crippen LogP contribution in [0.25, 0.3) is 0 Å². The Morgan fingerprint density at radius 3 is 1.60 bits per heavy atom. The highest BCUT2D eigenvalue weighted by atomic mass is 19.3. The zero-order chi connectivity index (χ0) is 7.83. The number of morpholine rings is 1. The summed E-state index contributed by atoms with van der Waals surface area (Å²) in [5.41, 5.74) is 0. The SMILES string of the molecule is FC1(F)C[NH2+]CC(F)(F)O1. The highest BCUT2D eigenvalue weighted by molar-refractivity contribution is 4.59. The van der Waals surface area contributed by atoms with E-state index in [9.17, 15) is 17.6 Å². The summed E-state index contributed by atoms with van der Waals surface area (Å²) < 4.78 is 51.0. The average molecular weight is 160 g/mol. The quantitative estimate of drug-likeness (QED) is 0.486. The van der Waals surface area contributed by atoms with Crippen molar-refractivity contribution in [3.8, 4) is 0 Å². The molecular formula is C4H6F4NO+. The van der Waals surface area contributed by atoms with Crippen LogP contribution in [0.4, 0.5) is 17.6 Å². The van der Waals surface area contributed by atoms with E-state index in [-0.39, 0.29) is 0 Å². The Bertz CT molecular complexity index is 123. The van der Waals surface area contributed by atoms with Gasteiger partial charge in [0.25, 0.3) is 0 Å². The van der Waals surface area contributed by atoms with Gasteiger partial charge in [-0.05, 0) is 0 Å². The molecule has 1 heterocycles. The van der Waals surface area contributed by atoms with Crippen molar-refractivity contribution in [1.82, 2.24) is 0 Å². The molecule has 0 amide bonds. The maximum atomic E-state index is 12.0. The summed E-state index contributed by atoms with van der Waals surface area (Å²) in [6.45, 7) is -1.47. The van der Waals surface area contributed by atoms with Crippen LogP contribution in [-0.4, -0.2) is 25.3 Å². The van der Waals surface area contributed by atoms with Crippen molar-refractivity contribution in [3.63, 3.8) is 0 Å². The molecule has 0 bridgehead atoms. The maximum absolute atomic E-state index is 12.0. The molecule has 1 fully saturated rings. The molecule has 0 aliphatic carbocycles. The molecule has 0 atom stereocenters. The number of hydrogen-bond donors (Lipinski definition) is 1. The number of nitrogens with two attached hydrogens (primary N) is 1. The van der Waals surface area contributed by atoms with Crippen molar-refractivity contribution in [1.29, 1.82) is 0 Å². The van der Waals surface area contributed by atoms with Gasteiger partial charge in [0.05, 0.1) is 0 Å². The first-order valence-electron chi connectivity index (χ1n) is 2.69. The molecule has 6 heteroatoms. The molecule has 1 aliphatic rings. The predicted octanol–water partition coefficient (Wildman–Crippen LogP) is -0.234. The topological polar surface area (TPSA) is 25.8 Å². The van der Waals surface area contributed by atoms with E-state index in [0.29, 0.717) is 0 Å². The Hall–Kier alpha value is -0.360. The summed E-state index contributed by atoms with van der Waals surface area (Å²) in [7, 11) is 0. The van der Waals surface area contributed by atoms with Crippen LogP contribution in [0.5, 0.6) is 0 Å². The molecule has 60 valence electrons. The summed E-state index contributed by atoms with van der Waals surface area (Å²) in [5.74, 6) is 0. The number of hydrogen-bond acceptors (Lipinski definition) is 1. The van der Waals surface area contributed by atoms with E-state index < -0.39 is 25.3 Å².